The quantitative estimate of drug-likeness (QED) is 0.261. The summed E-state index contributed by atoms with van der Waals surface area (Å²) in [6, 6.07) is 12.8. The lowest BCUT2D eigenvalue weighted by atomic mass is 9.75. The number of rotatable bonds is 9. The summed E-state index contributed by atoms with van der Waals surface area (Å²) in [7, 11) is 0. The van der Waals surface area contributed by atoms with E-state index in [1.807, 2.05) is 39.8 Å². The summed E-state index contributed by atoms with van der Waals surface area (Å²) in [6.07, 6.45) is 7.61. The number of hydrogen-bond donors (Lipinski definition) is 0. The van der Waals surface area contributed by atoms with E-state index in [1.54, 1.807) is 0 Å². The van der Waals surface area contributed by atoms with Crippen molar-refractivity contribution >= 4 is 22.9 Å². The van der Waals surface area contributed by atoms with Gasteiger partial charge in [-0.1, -0.05) is 69.7 Å². The second kappa shape index (κ2) is 11.3. The summed E-state index contributed by atoms with van der Waals surface area (Å²) in [5, 5.41) is 0. The van der Waals surface area contributed by atoms with Gasteiger partial charge in [0.15, 0.2) is 5.78 Å². The van der Waals surface area contributed by atoms with Crippen molar-refractivity contribution in [3.8, 4) is 0 Å². The number of carbonyl (C=O) groups is 3. The van der Waals surface area contributed by atoms with E-state index in [0.717, 1.165) is 54.4 Å². The molecular weight excluding hydrogens is 456 g/mol. The first-order chi connectivity index (χ1) is 17.6. The van der Waals surface area contributed by atoms with Crippen LogP contribution in [0.3, 0.4) is 0 Å². The standard InChI is InChI=1S/C34H42O3/c1-7-27(20(2)3)33(36)34(37)31-17-22(5)28-16-23(6)29(19-30(28)31)32(35)26-14-12-25(13-15-26)18-24-10-8-21(4)9-11-24/h8-11,16-17,19-20,22,25-27H,7,12-15,18H2,1-6H3. The molecule has 1 saturated carbocycles. The molecule has 2 aliphatic carbocycles. The molecule has 0 aromatic heterocycles. The van der Waals surface area contributed by atoms with Crippen LogP contribution >= 0.6 is 0 Å². The number of fused-ring (bicyclic) bond motifs is 1. The summed E-state index contributed by atoms with van der Waals surface area (Å²) in [4.78, 5) is 40.1. The molecule has 0 radical (unpaired) electrons. The largest absolute Gasteiger partial charge is 0.294 e. The van der Waals surface area contributed by atoms with E-state index in [9.17, 15) is 14.4 Å². The van der Waals surface area contributed by atoms with Crippen molar-refractivity contribution in [2.45, 2.75) is 86.0 Å². The van der Waals surface area contributed by atoms with Gasteiger partial charge in [-0.2, -0.15) is 0 Å². The van der Waals surface area contributed by atoms with E-state index in [0.29, 0.717) is 17.9 Å². The van der Waals surface area contributed by atoms with Gasteiger partial charge in [-0.25, -0.2) is 0 Å². The minimum Gasteiger partial charge on any atom is -0.294 e. The molecule has 1 fully saturated rings. The van der Waals surface area contributed by atoms with Gasteiger partial charge in [0.25, 0.3) is 0 Å². The van der Waals surface area contributed by atoms with Gasteiger partial charge in [0.2, 0.25) is 11.6 Å². The lowest BCUT2D eigenvalue weighted by Crippen LogP contribution is -2.28. The van der Waals surface area contributed by atoms with Crippen molar-refractivity contribution in [2.24, 2.45) is 23.7 Å². The molecule has 2 aromatic rings. The number of Topliss-reactive ketones (excluding diaryl/α,β-unsaturated/α-hetero) is 3. The van der Waals surface area contributed by atoms with Gasteiger partial charge in [-0.15, -0.1) is 0 Å². The van der Waals surface area contributed by atoms with Gasteiger partial charge >= 0.3 is 0 Å². The minimum absolute atomic E-state index is 0.0278. The number of aryl methyl sites for hydroxylation is 2. The monoisotopic (exact) mass is 498 g/mol. The number of ketones is 3. The molecule has 3 heteroatoms. The highest BCUT2D eigenvalue weighted by Gasteiger charge is 2.35. The fraction of sp³-hybridized carbons (Fsp3) is 0.500. The van der Waals surface area contributed by atoms with Gasteiger partial charge in [-0.05, 0) is 92.5 Å². The third-order valence-electron chi connectivity index (χ3n) is 8.77. The topological polar surface area (TPSA) is 51.2 Å². The highest BCUT2D eigenvalue weighted by atomic mass is 16.2. The molecule has 0 heterocycles. The molecule has 0 amide bonds. The Kier molecular flexibility index (Phi) is 8.31. The second-order valence-corrected chi connectivity index (χ2v) is 11.8. The van der Waals surface area contributed by atoms with E-state index in [1.165, 1.54) is 11.1 Å². The molecule has 0 aliphatic heterocycles. The van der Waals surface area contributed by atoms with Crippen molar-refractivity contribution < 1.29 is 14.4 Å². The van der Waals surface area contributed by atoms with Crippen LogP contribution in [0.5, 0.6) is 0 Å². The Morgan fingerprint density at radius 3 is 2.19 bits per heavy atom. The van der Waals surface area contributed by atoms with Gasteiger partial charge < -0.3 is 0 Å². The van der Waals surface area contributed by atoms with Crippen molar-refractivity contribution in [3.05, 3.63) is 75.9 Å². The summed E-state index contributed by atoms with van der Waals surface area (Å²) in [5.74, 6) is 0.0564. The summed E-state index contributed by atoms with van der Waals surface area (Å²) in [6.45, 7) is 12.1. The van der Waals surface area contributed by atoms with Crippen molar-refractivity contribution in [2.75, 3.05) is 0 Å². The molecule has 196 valence electrons. The third kappa shape index (κ3) is 5.71. The number of allylic oxidation sites excluding steroid dienone is 2. The van der Waals surface area contributed by atoms with Crippen molar-refractivity contribution in [1.29, 1.82) is 0 Å². The van der Waals surface area contributed by atoms with Gasteiger partial charge in [0.05, 0.1) is 0 Å². The Labute approximate surface area is 222 Å². The smallest absolute Gasteiger partial charge is 0.229 e. The Bertz CT molecular complexity index is 1210. The predicted octanol–water partition coefficient (Wildman–Crippen LogP) is 7.86. The van der Waals surface area contributed by atoms with Crippen LogP contribution < -0.4 is 0 Å². The zero-order valence-corrected chi connectivity index (χ0v) is 23.4. The van der Waals surface area contributed by atoms with Crippen molar-refractivity contribution in [3.63, 3.8) is 0 Å². The first kappa shape index (κ1) is 27.2. The first-order valence-electron chi connectivity index (χ1n) is 14.2. The van der Waals surface area contributed by atoms with Crippen LogP contribution in [0.15, 0.2) is 42.5 Å². The number of benzene rings is 2. The molecule has 4 rings (SSSR count). The third-order valence-corrected chi connectivity index (χ3v) is 8.77. The maximum absolute atomic E-state index is 13.7. The lowest BCUT2D eigenvalue weighted by Gasteiger charge is -2.28. The Balaban J connectivity index is 1.49. The molecule has 2 atom stereocenters. The first-order valence-corrected chi connectivity index (χ1v) is 14.2. The molecule has 0 spiro atoms. The Morgan fingerprint density at radius 1 is 0.946 bits per heavy atom. The van der Waals surface area contributed by atoms with E-state index >= 15 is 0 Å². The highest BCUT2D eigenvalue weighted by Crippen LogP contribution is 2.40. The van der Waals surface area contributed by atoms with Gasteiger partial charge in [0, 0.05) is 28.9 Å². The Hall–Kier alpha value is -2.81. The normalized spacial score (nSPS) is 21.9. The van der Waals surface area contributed by atoms with Crippen LogP contribution in [0.2, 0.25) is 0 Å². The zero-order valence-electron chi connectivity index (χ0n) is 23.4. The average Bonchev–Trinajstić information content (AvgIpc) is 3.19. The van der Waals surface area contributed by atoms with Crippen LogP contribution in [0.4, 0.5) is 0 Å². The van der Waals surface area contributed by atoms with Crippen LogP contribution in [0.1, 0.15) is 104 Å². The number of hydrogen-bond acceptors (Lipinski definition) is 3. The molecule has 2 aliphatic rings. The zero-order chi connectivity index (χ0) is 26.9. The Morgan fingerprint density at radius 2 is 1.59 bits per heavy atom. The highest BCUT2D eigenvalue weighted by molar-refractivity contribution is 6.55. The fourth-order valence-electron chi connectivity index (χ4n) is 6.40. The summed E-state index contributed by atoms with van der Waals surface area (Å²) >= 11 is 0. The minimum atomic E-state index is -0.398. The van der Waals surface area contributed by atoms with E-state index < -0.39 is 5.78 Å². The fourth-order valence-corrected chi connectivity index (χ4v) is 6.40. The maximum Gasteiger partial charge on any atom is 0.229 e. The van der Waals surface area contributed by atoms with Gasteiger partial charge in [0.1, 0.15) is 0 Å². The van der Waals surface area contributed by atoms with Crippen LogP contribution in [0.25, 0.3) is 5.57 Å². The van der Waals surface area contributed by atoms with E-state index in [2.05, 4.69) is 44.2 Å². The maximum atomic E-state index is 13.7. The molecule has 2 aromatic carbocycles. The molecule has 0 N–H and O–H groups in total. The van der Waals surface area contributed by atoms with E-state index in [4.69, 9.17) is 0 Å². The van der Waals surface area contributed by atoms with Gasteiger partial charge in [-0.3, -0.25) is 14.4 Å². The lowest BCUT2D eigenvalue weighted by molar-refractivity contribution is -0.136. The molecule has 0 bridgehead atoms. The van der Waals surface area contributed by atoms with Crippen LogP contribution in [0, 0.1) is 37.5 Å². The number of carbonyl (C=O) groups excluding carboxylic acids is 3. The molecule has 3 nitrogen and oxygen atoms in total. The van der Waals surface area contributed by atoms with Crippen LogP contribution in [-0.2, 0) is 16.0 Å². The summed E-state index contributed by atoms with van der Waals surface area (Å²) in [5.41, 5.74) is 6.67. The van der Waals surface area contributed by atoms with E-state index in [-0.39, 0.29) is 35.2 Å². The molecular formula is C34H42O3. The summed E-state index contributed by atoms with van der Waals surface area (Å²) < 4.78 is 0. The predicted molar refractivity (Wildman–Crippen MR) is 151 cm³/mol. The van der Waals surface area contributed by atoms with Crippen molar-refractivity contribution in [1.82, 2.24) is 0 Å². The second-order valence-electron chi connectivity index (χ2n) is 11.8. The molecule has 0 saturated heterocycles. The SMILES string of the molecule is CCC(C(=O)C(=O)C1=CC(C)c2cc(C)c(C(=O)C3CCC(Cc4ccc(C)cc4)CC3)cc21)C(C)C. The van der Waals surface area contributed by atoms with Crippen LogP contribution in [-0.4, -0.2) is 17.3 Å². The molecule has 2 unspecified atom stereocenters. The average molecular weight is 499 g/mol. The molecule has 37 heavy (non-hydrogen) atoms.